The molecule has 0 fully saturated rings. The Bertz CT molecular complexity index is 747. The van der Waals surface area contributed by atoms with Crippen LogP contribution in [0.3, 0.4) is 0 Å². The molecule has 0 aliphatic heterocycles. The van der Waals surface area contributed by atoms with Gasteiger partial charge in [0.2, 0.25) is 5.95 Å². The number of anilines is 1. The predicted molar refractivity (Wildman–Crippen MR) is 87.7 cm³/mol. The summed E-state index contributed by atoms with van der Waals surface area (Å²) in [7, 11) is 1.75. The van der Waals surface area contributed by atoms with Gasteiger partial charge in [-0.1, -0.05) is 13.8 Å². The van der Waals surface area contributed by atoms with E-state index in [2.05, 4.69) is 25.7 Å². The van der Waals surface area contributed by atoms with Crippen molar-refractivity contribution >= 4 is 11.9 Å². The highest BCUT2D eigenvalue weighted by molar-refractivity contribution is 5.92. The molecule has 23 heavy (non-hydrogen) atoms. The second kappa shape index (κ2) is 7.08. The molecule has 0 saturated heterocycles. The van der Waals surface area contributed by atoms with Crippen LogP contribution in [0.1, 0.15) is 41.6 Å². The lowest BCUT2D eigenvalue weighted by Crippen LogP contribution is -2.30. The van der Waals surface area contributed by atoms with Crippen molar-refractivity contribution < 1.29 is 4.79 Å². The Morgan fingerprint density at radius 1 is 1.35 bits per heavy atom. The Morgan fingerprint density at radius 2 is 2.09 bits per heavy atom. The fraction of sp³-hybridized carbons (Fsp3) is 0.467. The molecule has 0 saturated carbocycles. The minimum absolute atomic E-state index is 0.181. The van der Waals surface area contributed by atoms with E-state index in [-0.39, 0.29) is 17.4 Å². The van der Waals surface area contributed by atoms with Gasteiger partial charge in [0.1, 0.15) is 5.69 Å². The molecule has 2 aromatic rings. The molecule has 0 aromatic carbocycles. The van der Waals surface area contributed by atoms with Gasteiger partial charge in [0.25, 0.3) is 11.5 Å². The van der Waals surface area contributed by atoms with E-state index in [4.69, 9.17) is 0 Å². The van der Waals surface area contributed by atoms with Crippen LogP contribution in [0.15, 0.2) is 16.9 Å². The van der Waals surface area contributed by atoms with Crippen LogP contribution in [0.2, 0.25) is 0 Å². The van der Waals surface area contributed by atoms with E-state index in [1.165, 1.54) is 6.07 Å². The fourth-order valence-electron chi connectivity index (χ4n) is 2.09. The lowest BCUT2D eigenvalue weighted by atomic mass is 10.1. The van der Waals surface area contributed by atoms with Crippen molar-refractivity contribution in [1.29, 1.82) is 0 Å². The van der Waals surface area contributed by atoms with E-state index in [1.54, 1.807) is 24.7 Å². The average Bonchev–Trinajstić information content (AvgIpc) is 2.85. The number of aromatic amines is 1. The van der Waals surface area contributed by atoms with E-state index in [0.717, 1.165) is 5.69 Å². The molecular weight excluding hydrogens is 296 g/mol. The summed E-state index contributed by atoms with van der Waals surface area (Å²) in [5, 5.41) is 10.1. The summed E-state index contributed by atoms with van der Waals surface area (Å²) in [4.78, 5) is 30.2. The molecule has 8 nitrogen and oxygen atoms in total. The number of amides is 1. The Hall–Kier alpha value is -2.64. The third-order valence-electron chi connectivity index (χ3n) is 3.30. The largest absolute Gasteiger partial charge is 0.354 e. The first-order chi connectivity index (χ1) is 10.9. The molecule has 1 amide bonds. The van der Waals surface area contributed by atoms with Gasteiger partial charge >= 0.3 is 0 Å². The quantitative estimate of drug-likeness (QED) is 0.683. The van der Waals surface area contributed by atoms with Crippen LogP contribution in [-0.2, 0) is 7.05 Å². The summed E-state index contributed by atoms with van der Waals surface area (Å²) in [6, 6.07) is 3.22. The minimum atomic E-state index is -0.208. The van der Waals surface area contributed by atoms with Crippen LogP contribution < -0.4 is 16.2 Å². The van der Waals surface area contributed by atoms with Crippen LogP contribution in [-0.4, -0.2) is 38.7 Å². The maximum Gasteiger partial charge on any atom is 0.269 e. The number of nitrogens with one attached hydrogen (secondary N) is 3. The topological polar surface area (TPSA) is 105 Å². The number of aryl methyl sites for hydroxylation is 2. The summed E-state index contributed by atoms with van der Waals surface area (Å²) < 4.78 is 1.58. The SMILES string of the molecule is Cc1cc(=O)[nH]c(NCCNC(=O)c2cc(C(C)C)nn2C)n1. The smallest absolute Gasteiger partial charge is 0.269 e. The highest BCUT2D eigenvalue weighted by Crippen LogP contribution is 2.13. The molecule has 0 spiro atoms. The molecule has 0 aliphatic rings. The van der Waals surface area contributed by atoms with Crippen LogP contribution >= 0.6 is 0 Å². The highest BCUT2D eigenvalue weighted by atomic mass is 16.2. The summed E-state index contributed by atoms with van der Waals surface area (Å²) >= 11 is 0. The number of rotatable bonds is 6. The molecule has 0 radical (unpaired) electrons. The van der Waals surface area contributed by atoms with Gasteiger partial charge in [0, 0.05) is 31.9 Å². The average molecular weight is 318 g/mol. The van der Waals surface area contributed by atoms with Gasteiger partial charge in [-0.2, -0.15) is 5.10 Å². The molecule has 0 unspecified atom stereocenters. The van der Waals surface area contributed by atoms with Crippen molar-refractivity contribution in [3.63, 3.8) is 0 Å². The Balaban J connectivity index is 1.86. The highest BCUT2D eigenvalue weighted by Gasteiger charge is 2.14. The Morgan fingerprint density at radius 3 is 2.70 bits per heavy atom. The van der Waals surface area contributed by atoms with Crippen LogP contribution in [0, 0.1) is 6.92 Å². The predicted octanol–water partition coefficient (Wildman–Crippen LogP) is 0.777. The number of carbonyl (C=O) groups is 1. The zero-order valence-corrected chi connectivity index (χ0v) is 13.8. The normalized spacial score (nSPS) is 10.8. The molecule has 124 valence electrons. The summed E-state index contributed by atoms with van der Waals surface area (Å²) in [5.41, 5.74) is 1.84. The molecule has 0 atom stereocenters. The van der Waals surface area contributed by atoms with Crippen molar-refractivity contribution in [2.24, 2.45) is 7.05 Å². The standard InChI is InChI=1S/C15H22N6O2/c1-9(2)11-8-12(21(4)20-11)14(23)16-5-6-17-15-18-10(3)7-13(22)19-15/h7-9H,5-6H2,1-4H3,(H,16,23)(H2,17,18,19,22). The maximum atomic E-state index is 12.1. The summed E-state index contributed by atoms with van der Waals surface area (Å²) in [5.74, 6) is 0.486. The van der Waals surface area contributed by atoms with Crippen molar-refractivity contribution in [2.45, 2.75) is 26.7 Å². The molecule has 3 N–H and O–H groups in total. The van der Waals surface area contributed by atoms with E-state index in [0.29, 0.717) is 30.4 Å². The van der Waals surface area contributed by atoms with E-state index in [9.17, 15) is 9.59 Å². The summed E-state index contributed by atoms with van der Waals surface area (Å²) in [6.45, 7) is 6.66. The van der Waals surface area contributed by atoms with Gasteiger partial charge in [0.05, 0.1) is 5.69 Å². The maximum absolute atomic E-state index is 12.1. The van der Waals surface area contributed by atoms with Gasteiger partial charge in [0.15, 0.2) is 0 Å². The molecular formula is C15H22N6O2. The molecule has 0 bridgehead atoms. The number of hydrogen-bond acceptors (Lipinski definition) is 5. The second-order valence-corrected chi connectivity index (χ2v) is 5.65. The van der Waals surface area contributed by atoms with Gasteiger partial charge in [-0.3, -0.25) is 19.3 Å². The Labute approximate surface area is 134 Å². The first-order valence-electron chi connectivity index (χ1n) is 7.51. The van der Waals surface area contributed by atoms with E-state index in [1.807, 2.05) is 13.8 Å². The van der Waals surface area contributed by atoms with Crippen molar-refractivity contribution in [2.75, 3.05) is 18.4 Å². The van der Waals surface area contributed by atoms with Gasteiger partial charge in [-0.25, -0.2) is 4.98 Å². The van der Waals surface area contributed by atoms with Crippen molar-refractivity contribution in [3.05, 3.63) is 39.6 Å². The number of carbonyl (C=O) groups excluding carboxylic acids is 1. The van der Waals surface area contributed by atoms with E-state index < -0.39 is 0 Å². The third-order valence-corrected chi connectivity index (χ3v) is 3.30. The third kappa shape index (κ3) is 4.41. The molecule has 8 heteroatoms. The van der Waals surface area contributed by atoms with Crippen LogP contribution in [0.5, 0.6) is 0 Å². The first kappa shape index (κ1) is 16.7. The fourth-order valence-corrected chi connectivity index (χ4v) is 2.09. The summed E-state index contributed by atoms with van der Waals surface area (Å²) in [6.07, 6.45) is 0. The van der Waals surface area contributed by atoms with Gasteiger partial charge < -0.3 is 10.6 Å². The van der Waals surface area contributed by atoms with Gasteiger partial charge in [-0.15, -0.1) is 0 Å². The molecule has 0 aliphatic carbocycles. The zero-order valence-electron chi connectivity index (χ0n) is 13.8. The lowest BCUT2D eigenvalue weighted by molar-refractivity contribution is 0.0946. The monoisotopic (exact) mass is 318 g/mol. The Kier molecular flexibility index (Phi) is 5.15. The van der Waals surface area contributed by atoms with E-state index >= 15 is 0 Å². The minimum Gasteiger partial charge on any atom is -0.354 e. The molecule has 2 rings (SSSR count). The van der Waals surface area contributed by atoms with Crippen molar-refractivity contribution in [1.82, 2.24) is 25.1 Å². The molecule has 2 aromatic heterocycles. The molecule has 2 heterocycles. The zero-order chi connectivity index (χ0) is 17.0. The van der Waals surface area contributed by atoms with Gasteiger partial charge in [-0.05, 0) is 18.9 Å². The van der Waals surface area contributed by atoms with Crippen LogP contribution in [0.4, 0.5) is 5.95 Å². The number of hydrogen-bond donors (Lipinski definition) is 3. The van der Waals surface area contributed by atoms with Crippen LogP contribution in [0.25, 0.3) is 0 Å². The number of nitrogens with zero attached hydrogens (tertiary/aromatic N) is 3. The second-order valence-electron chi connectivity index (χ2n) is 5.65. The number of H-pyrrole nitrogens is 1. The lowest BCUT2D eigenvalue weighted by Gasteiger charge is -2.07. The van der Waals surface area contributed by atoms with Crippen molar-refractivity contribution in [3.8, 4) is 0 Å². The number of aromatic nitrogens is 4. The first-order valence-corrected chi connectivity index (χ1v) is 7.51.